The highest BCUT2D eigenvalue weighted by atomic mass is 19.4. The van der Waals surface area contributed by atoms with Crippen molar-refractivity contribution in [3.63, 3.8) is 0 Å². The molecule has 0 atom stereocenters. The Kier molecular flexibility index (Phi) is 5.25. The van der Waals surface area contributed by atoms with Gasteiger partial charge in [-0.1, -0.05) is 12.1 Å². The summed E-state index contributed by atoms with van der Waals surface area (Å²) in [5, 5.41) is 9.68. The molecular weight excluding hydrogens is 336 g/mol. The maximum atomic E-state index is 12.8. The van der Waals surface area contributed by atoms with Crippen molar-refractivity contribution in [1.29, 1.82) is 0 Å². The van der Waals surface area contributed by atoms with E-state index in [4.69, 9.17) is 15.2 Å². The summed E-state index contributed by atoms with van der Waals surface area (Å²) in [4.78, 5) is 0. The highest BCUT2D eigenvalue weighted by molar-refractivity contribution is 6.55. The maximum Gasteiger partial charge on any atom is 0.492 e. The Balaban J connectivity index is 2.38. The molecule has 0 saturated carbocycles. The van der Waals surface area contributed by atoms with Gasteiger partial charge in [0.05, 0.1) is 29.1 Å². The lowest BCUT2D eigenvalue weighted by atomic mass is 9.77. The van der Waals surface area contributed by atoms with E-state index in [1.807, 2.05) is 27.7 Å². The molecule has 25 heavy (non-hydrogen) atoms. The molecule has 0 unspecified atom stereocenters. The molecule has 1 aromatic rings. The van der Waals surface area contributed by atoms with Crippen molar-refractivity contribution in [2.45, 2.75) is 45.1 Å². The van der Waals surface area contributed by atoms with E-state index in [2.05, 4.69) is 5.43 Å². The Labute approximate surface area is 145 Å². The van der Waals surface area contributed by atoms with Gasteiger partial charge in [0.25, 0.3) is 0 Å². The number of benzene rings is 1. The summed E-state index contributed by atoms with van der Waals surface area (Å²) in [5.41, 5.74) is 1.09. The maximum absolute atomic E-state index is 12.8. The lowest BCUT2D eigenvalue weighted by molar-refractivity contribution is -0.137. The Morgan fingerprint density at radius 2 is 1.80 bits per heavy atom. The number of aliphatic hydroxyl groups excluding tert-OH is 1. The number of halogens is 3. The van der Waals surface area contributed by atoms with Crippen molar-refractivity contribution >= 4 is 18.9 Å². The number of nitrogens with two attached hydrogens (primary N) is 1. The minimum atomic E-state index is -4.47. The van der Waals surface area contributed by atoms with Gasteiger partial charge in [0, 0.05) is 0 Å². The predicted octanol–water partition coefficient (Wildman–Crippen LogP) is 3.00. The average Bonchev–Trinajstić information content (AvgIpc) is 2.71. The van der Waals surface area contributed by atoms with Crippen LogP contribution >= 0.6 is 0 Å². The highest BCUT2D eigenvalue weighted by Gasteiger charge is 2.52. The minimum Gasteiger partial charge on any atom is -0.400 e. The summed E-state index contributed by atoms with van der Waals surface area (Å²) in [5.74, 6) is 5.35. The van der Waals surface area contributed by atoms with Crippen molar-refractivity contribution in [2.75, 3.05) is 12.0 Å². The van der Waals surface area contributed by atoms with E-state index in [-0.39, 0.29) is 12.3 Å². The summed E-state index contributed by atoms with van der Waals surface area (Å²) < 4.78 is 50.2. The molecule has 0 aliphatic carbocycles. The number of alkyl halides is 3. The molecule has 0 amide bonds. The molecule has 1 saturated heterocycles. The standard InChI is InChI=1S/C16H22BF3N2O3/c1-14(2)15(3,4)25-17(24-14)12(9-23)7-10-5-6-11(16(18,19)20)8-13(10)22-21/h5-8,22-23H,9,21H2,1-4H3. The molecular formula is C16H22BF3N2O3. The smallest absolute Gasteiger partial charge is 0.400 e. The summed E-state index contributed by atoms with van der Waals surface area (Å²) in [6, 6.07) is 3.13. The number of nitrogen functional groups attached to an aromatic ring is 1. The predicted molar refractivity (Wildman–Crippen MR) is 90.4 cm³/mol. The molecule has 0 spiro atoms. The molecule has 0 bridgehead atoms. The fraction of sp³-hybridized carbons (Fsp3) is 0.500. The molecule has 0 radical (unpaired) electrons. The molecule has 4 N–H and O–H groups in total. The van der Waals surface area contributed by atoms with Gasteiger partial charge in [-0.15, -0.1) is 0 Å². The molecule has 1 aromatic carbocycles. The van der Waals surface area contributed by atoms with E-state index < -0.39 is 30.1 Å². The molecule has 1 aliphatic heterocycles. The highest BCUT2D eigenvalue weighted by Crippen LogP contribution is 2.39. The van der Waals surface area contributed by atoms with Crippen LogP contribution in [0.15, 0.2) is 23.7 Å². The van der Waals surface area contributed by atoms with Crippen LogP contribution in [0.2, 0.25) is 0 Å². The quantitative estimate of drug-likeness (QED) is 0.438. The van der Waals surface area contributed by atoms with E-state index >= 15 is 0 Å². The number of nitrogens with one attached hydrogen (secondary N) is 1. The first-order valence-corrected chi connectivity index (χ1v) is 7.76. The van der Waals surface area contributed by atoms with Gasteiger partial charge in [-0.25, -0.2) is 0 Å². The van der Waals surface area contributed by atoms with Gasteiger partial charge in [0.1, 0.15) is 0 Å². The van der Waals surface area contributed by atoms with E-state index in [0.717, 1.165) is 12.1 Å². The first-order chi connectivity index (χ1) is 11.4. The molecule has 1 heterocycles. The van der Waals surface area contributed by atoms with Crippen molar-refractivity contribution in [2.24, 2.45) is 5.84 Å². The zero-order valence-corrected chi connectivity index (χ0v) is 14.6. The number of anilines is 1. The van der Waals surface area contributed by atoms with Crippen LogP contribution in [0.5, 0.6) is 0 Å². The average molecular weight is 358 g/mol. The number of hydrogen-bond donors (Lipinski definition) is 3. The zero-order chi connectivity index (χ0) is 19.0. The summed E-state index contributed by atoms with van der Waals surface area (Å²) >= 11 is 0. The molecule has 9 heteroatoms. The van der Waals surface area contributed by atoms with E-state index in [1.54, 1.807) is 0 Å². The largest absolute Gasteiger partial charge is 0.492 e. The lowest BCUT2D eigenvalue weighted by Crippen LogP contribution is -2.41. The van der Waals surface area contributed by atoms with E-state index in [1.165, 1.54) is 12.1 Å². The molecule has 1 aliphatic rings. The van der Waals surface area contributed by atoms with Gasteiger partial charge < -0.3 is 19.8 Å². The second-order valence-corrected chi connectivity index (χ2v) is 6.91. The normalized spacial score (nSPS) is 20.0. The Hall–Kier alpha value is -1.55. The van der Waals surface area contributed by atoms with Crippen LogP contribution in [0, 0.1) is 0 Å². The molecule has 138 valence electrons. The third-order valence-corrected chi connectivity index (χ3v) is 4.62. The van der Waals surface area contributed by atoms with Crippen molar-refractivity contribution < 1.29 is 27.6 Å². The second-order valence-electron chi connectivity index (χ2n) is 6.91. The van der Waals surface area contributed by atoms with Crippen molar-refractivity contribution in [3.05, 3.63) is 34.8 Å². The van der Waals surface area contributed by atoms with Gasteiger partial charge in [-0.05, 0) is 50.9 Å². The van der Waals surface area contributed by atoms with Crippen molar-refractivity contribution in [1.82, 2.24) is 0 Å². The number of rotatable bonds is 4. The minimum absolute atomic E-state index is 0.0808. The van der Waals surface area contributed by atoms with Crippen LogP contribution in [0.1, 0.15) is 38.8 Å². The second kappa shape index (κ2) is 6.64. The number of hydrogen-bond acceptors (Lipinski definition) is 5. The topological polar surface area (TPSA) is 76.7 Å². The van der Waals surface area contributed by atoms with Gasteiger partial charge >= 0.3 is 13.3 Å². The Morgan fingerprint density at radius 3 is 2.24 bits per heavy atom. The zero-order valence-electron chi connectivity index (χ0n) is 14.6. The van der Waals surface area contributed by atoms with Gasteiger partial charge in [-0.3, -0.25) is 5.84 Å². The van der Waals surface area contributed by atoms with E-state index in [0.29, 0.717) is 11.0 Å². The Morgan fingerprint density at radius 1 is 1.24 bits per heavy atom. The molecule has 5 nitrogen and oxygen atoms in total. The first-order valence-electron chi connectivity index (χ1n) is 7.76. The van der Waals surface area contributed by atoms with Crippen molar-refractivity contribution in [3.8, 4) is 0 Å². The van der Waals surface area contributed by atoms with Crippen LogP contribution in [0.4, 0.5) is 18.9 Å². The summed E-state index contributed by atoms with van der Waals surface area (Å²) in [7, 11) is -0.803. The summed E-state index contributed by atoms with van der Waals surface area (Å²) in [6.45, 7) is 7.10. The third kappa shape index (κ3) is 4.00. The van der Waals surface area contributed by atoms with Crippen LogP contribution in [-0.2, 0) is 15.5 Å². The van der Waals surface area contributed by atoms with Crippen LogP contribution in [-0.4, -0.2) is 30.0 Å². The summed E-state index contributed by atoms with van der Waals surface area (Å²) in [6.07, 6.45) is -2.96. The van der Waals surface area contributed by atoms with Crippen LogP contribution in [0.3, 0.4) is 0 Å². The fourth-order valence-corrected chi connectivity index (χ4v) is 2.37. The number of hydrazine groups is 1. The third-order valence-electron chi connectivity index (χ3n) is 4.62. The fourth-order valence-electron chi connectivity index (χ4n) is 2.37. The Bertz CT molecular complexity index is 659. The van der Waals surface area contributed by atoms with E-state index in [9.17, 15) is 18.3 Å². The van der Waals surface area contributed by atoms with Crippen LogP contribution in [0.25, 0.3) is 6.08 Å². The van der Waals surface area contributed by atoms with Gasteiger partial charge in [-0.2, -0.15) is 13.2 Å². The van der Waals surface area contributed by atoms with Gasteiger partial charge in [0.15, 0.2) is 0 Å². The molecule has 0 aromatic heterocycles. The molecule has 2 rings (SSSR count). The molecule has 1 fully saturated rings. The first kappa shape index (κ1) is 19.8. The van der Waals surface area contributed by atoms with Gasteiger partial charge in [0.2, 0.25) is 0 Å². The SMILES string of the molecule is CC1(C)OB(C(=Cc2ccc(C(F)(F)F)cc2NN)CO)OC1(C)C. The lowest BCUT2D eigenvalue weighted by Gasteiger charge is -2.32. The number of aliphatic hydroxyl groups is 1. The van der Waals surface area contributed by atoms with Crippen LogP contribution < -0.4 is 11.3 Å². The monoisotopic (exact) mass is 358 g/mol.